The molecule has 3 nitrogen and oxygen atoms in total. The van der Waals surface area contributed by atoms with Crippen molar-refractivity contribution in [2.75, 3.05) is 9.80 Å². The van der Waals surface area contributed by atoms with Gasteiger partial charge in [0.1, 0.15) is 0 Å². The number of rotatable bonds is 5. The largest absolute Gasteiger partial charge is 0.309 e. The van der Waals surface area contributed by atoms with Crippen molar-refractivity contribution in [3.8, 4) is 27.9 Å². The van der Waals surface area contributed by atoms with Crippen molar-refractivity contribution < 1.29 is 0 Å². The number of aromatic nitrogens is 1. The predicted molar refractivity (Wildman–Crippen MR) is 249 cm³/mol. The highest BCUT2D eigenvalue weighted by atomic mass is 32.2. The molecular formula is C54H35N3S2. The van der Waals surface area contributed by atoms with Crippen LogP contribution in [0.25, 0.3) is 49.7 Å². The van der Waals surface area contributed by atoms with Gasteiger partial charge in [-0.25, -0.2) is 0 Å². The minimum atomic E-state index is 1.16. The van der Waals surface area contributed by atoms with Crippen molar-refractivity contribution in [1.29, 1.82) is 0 Å². The molecular weight excluding hydrogens is 755 g/mol. The Labute approximate surface area is 351 Å². The summed E-state index contributed by atoms with van der Waals surface area (Å²) in [5.41, 5.74) is 15.5. The van der Waals surface area contributed by atoms with E-state index in [9.17, 15) is 0 Å². The predicted octanol–water partition coefficient (Wildman–Crippen LogP) is 16.0. The molecule has 1 aromatic heterocycles. The normalized spacial score (nSPS) is 12.9. The van der Waals surface area contributed by atoms with Crippen LogP contribution in [0.2, 0.25) is 0 Å². The van der Waals surface area contributed by atoms with Gasteiger partial charge in [-0.2, -0.15) is 0 Å². The Kier molecular flexibility index (Phi) is 8.03. The van der Waals surface area contributed by atoms with Crippen molar-refractivity contribution >= 4 is 79.5 Å². The van der Waals surface area contributed by atoms with E-state index in [0.717, 1.165) is 17.1 Å². The summed E-state index contributed by atoms with van der Waals surface area (Å²) >= 11 is 3.70. The molecule has 9 aromatic carbocycles. The molecule has 0 saturated carbocycles. The molecule has 0 radical (unpaired) electrons. The van der Waals surface area contributed by atoms with E-state index < -0.39 is 0 Å². The molecule has 0 spiro atoms. The van der Waals surface area contributed by atoms with Gasteiger partial charge in [0.2, 0.25) is 0 Å². The fraction of sp³-hybridized carbons (Fsp3) is 0. The SMILES string of the molecule is c1ccc(N2c3ccccc3Sc3cc(-c4ccc5c(c4)c4cc(-c6ccc7c(c6)Sc6ccccc6N7c6ccccc6)ccc4n5-c4ccccc4)ccc32)cc1. The van der Waals surface area contributed by atoms with Crippen molar-refractivity contribution in [2.24, 2.45) is 0 Å². The van der Waals surface area contributed by atoms with Crippen molar-refractivity contribution in [3.63, 3.8) is 0 Å². The Morgan fingerprint density at radius 2 is 0.627 bits per heavy atom. The fourth-order valence-corrected chi connectivity index (χ4v) is 11.0. The van der Waals surface area contributed by atoms with Gasteiger partial charge >= 0.3 is 0 Å². The molecule has 59 heavy (non-hydrogen) atoms. The molecule has 12 rings (SSSR count). The first-order chi connectivity index (χ1) is 29.2. The second-order valence-electron chi connectivity index (χ2n) is 15.0. The minimum absolute atomic E-state index is 1.16. The first-order valence-corrected chi connectivity index (χ1v) is 21.6. The van der Waals surface area contributed by atoms with E-state index in [1.165, 1.54) is 86.4 Å². The van der Waals surface area contributed by atoms with Gasteiger partial charge in [-0.3, -0.25) is 0 Å². The molecule has 10 aromatic rings. The number of nitrogens with zero attached hydrogens (tertiary/aromatic N) is 3. The van der Waals surface area contributed by atoms with Gasteiger partial charge in [0.05, 0.1) is 33.8 Å². The van der Waals surface area contributed by atoms with Crippen LogP contribution in [-0.2, 0) is 0 Å². The van der Waals surface area contributed by atoms with Crippen LogP contribution in [-0.4, -0.2) is 4.57 Å². The number of fused-ring (bicyclic) bond motifs is 7. The van der Waals surface area contributed by atoms with Crippen LogP contribution in [0.4, 0.5) is 34.1 Å². The summed E-state index contributed by atoms with van der Waals surface area (Å²) in [6.07, 6.45) is 0. The smallest absolute Gasteiger partial charge is 0.0602 e. The third-order valence-corrected chi connectivity index (χ3v) is 13.8. The Morgan fingerprint density at radius 1 is 0.271 bits per heavy atom. The Hall–Kier alpha value is -6.92. The van der Waals surface area contributed by atoms with Gasteiger partial charge in [-0.05, 0) is 131 Å². The standard InChI is InChI=1S/C54H35N3S2/c1-4-14-40(15-5-1)55-45-28-24-36(38-26-30-49-53(34-38)58-51-22-12-10-20-47(51)56(49)41-16-6-2-7-17-41)32-43(45)44-33-37(25-29-46(44)55)39-27-31-50-54(35-39)59-52-23-13-11-21-48(52)57(50)42-18-8-3-9-19-42/h1-35H. The molecule has 2 aliphatic rings. The summed E-state index contributed by atoms with van der Waals surface area (Å²) in [5.74, 6) is 0. The molecule has 278 valence electrons. The van der Waals surface area contributed by atoms with Crippen LogP contribution >= 0.6 is 23.5 Å². The lowest BCUT2D eigenvalue weighted by molar-refractivity contribution is 1.17. The highest BCUT2D eigenvalue weighted by molar-refractivity contribution is 8.00. The summed E-state index contributed by atoms with van der Waals surface area (Å²) < 4.78 is 2.41. The highest BCUT2D eigenvalue weighted by Crippen LogP contribution is 2.54. The summed E-state index contributed by atoms with van der Waals surface area (Å²) in [4.78, 5) is 9.79. The van der Waals surface area contributed by atoms with Crippen LogP contribution < -0.4 is 9.80 Å². The molecule has 0 fully saturated rings. The van der Waals surface area contributed by atoms with E-state index in [1.807, 2.05) is 23.5 Å². The molecule has 3 heterocycles. The Bertz CT molecular complexity index is 3030. The van der Waals surface area contributed by atoms with Gasteiger partial charge in [0.15, 0.2) is 0 Å². The zero-order chi connectivity index (χ0) is 38.9. The van der Waals surface area contributed by atoms with Crippen LogP contribution in [0.3, 0.4) is 0 Å². The van der Waals surface area contributed by atoms with Gasteiger partial charge in [-0.15, -0.1) is 0 Å². The van der Waals surface area contributed by atoms with Gasteiger partial charge < -0.3 is 14.4 Å². The summed E-state index contributed by atoms with van der Waals surface area (Å²) in [7, 11) is 0. The lowest BCUT2D eigenvalue weighted by Gasteiger charge is -2.33. The van der Waals surface area contributed by atoms with Crippen LogP contribution in [0.15, 0.2) is 232 Å². The van der Waals surface area contributed by atoms with E-state index in [-0.39, 0.29) is 0 Å². The van der Waals surface area contributed by atoms with E-state index in [4.69, 9.17) is 0 Å². The molecule has 0 aliphatic carbocycles. The maximum absolute atomic E-state index is 2.41. The summed E-state index contributed by atoms with van der Waals surface area (Å²) in [6.45, 7) is 0. The van der Waals surface area contributed by atoms with Crippen molar-refractivity contribution in [2.45, 2.75) is 19.6 Å². The first-order valence-electron chi connectivity index (χ1n) is 19.9. The fourth-order valence-electron chi connectivity index (χ4n) is 8.82. The number of hydrogen-bond acceptors (Lipinski definition) is 4. The van der Waals surface area contributed by atoms with Crippen LogP contribution in [0.5, 0.6) is 0 Å². The number of benzene rings is 9. The first kappa shape index (κ1) is 34.1. The molecule has 0 saturated heterocycles. The van der Waals surface area contributed by atoms with E-state index >= 15 is 0 Å². The topological polar surface area (TPSA) is 11.4 Å². The number of anilines is 6. The third kappa shape index (κ3) is 5.69. The van der Waals surface area contributed by atoms with Gasteiger partial charge in [0.25, 0.3) is 0 Å². The maximum atomic E-state index is 2.41. The minimum Gasteiger partial charge on any atom is -0.309 e. The maximum Gasteiger partial charge on any atom is 0.0602 e. The molecule has 0 N–H and O–H groups in total. The molecule has 0 bridgehead atoms. The second-order valence-corrected chi connectivity index (χ2v) is 17.1. The lowest BCUT2D eigenvalue weighted by atomic mass is 9.99. The Morgan fingerprint density at radius 3 is 1.08 bits per heavy atom. The van der Waals surface area contributed by atoms with E-state index in [0.29, 0.717) is 0 Å². The van der Waals surface area contributed by atoms with E-state index in [2.05, 4.69) is 227 Å². The average Bonchev–Trinajstić information content (AvgIpc) is 3.63. The lowest BCUT2D eigenvalue weighted by Crippen LogP contribution is -2.14. The molecule has 0 amide bonds. The van der Waals surface area contributed by atoms with E-state index in [1.54, 1.807) is 0 Å². The van der Waals surface area contributed by atoms with Crippen molar-refractivity contribution in [1.82, 2.24) is 4.57 Å². The van der Waals surface area contributed by atoms with Crippen LogP contribution in [0, 0.1) is 0 Å². The van der Waals surface area contributed by atoms with Crippen LogP contribution in [0.1, 0.15) is 0 Å². The molecule has 2 aliphatic heterocycles. The summed E-state index contributed by atoms with van der Waals surface area (Å²) in [6, 6.07) is 77.4. The average molecular weight is 790 g/mol. The quantitative estimate of drug-likeness (QED) is 0.172. The van der Waals surface area contributed by atoms with Crippen molar-refractivity contribution in [3.05, 3.63) is 212 Å². The third-order valence-electron chi connectivity index (χ3n) is 11.5. The van der Waals surface area contributed by atoms with Gasteiger partial charge in [-0.1, -0.05) is 127 Å². The molecule has 0 atom stereocenters. The zero-order valence-corrected chi connectivity index (χ0v) is 33.5. The monoisotopic (exact) mass is 789 g/mol. The highest BCUT2D eigenvalue weighted by Gasteiger charge is 2.27. The number of hydrogen-bond donors (Lipinski definition) is 0. The van der Waals surface area contributed by atoms with Gasteiger partial charge in [0, 0.05) is 47.4 Å². The molecule has 0 unspecified atom stereocenters. The number of para-hydroxylation sites is 5. The Balaban J connectivity index is 0.989. The molecule has 5 heteroatoms. The second kappa shape index (κ2) is 13.9. The zero-order valence-electron chi connectivity index (χ0n) is 31.9. The summed E-state index contributed by atoms with van der Waals surface area (Å²) in [5, 5.41) is 2.47.